The SMILES string of the molecule is COc1ccc(-c2n[nH]cc2/C=C(\CC(=O)O)c2nc3ccccc3s2)cc1. The molecule has 2 aromatic heterocycles. The van der Waals surface area contributed by atoms with E-state index < -0.39 is 5.97 Å². The Morgan fingerprint density at radius 3 is 2.71 bits per heavy atom. The van der Waals surface area contributed by atoms with Crippen LogP contribution in [0.3, 0.4) is 0 Å². The van der Waals surface area contributed by atoms with Crippen LogP contribution in [-0.2, 0) is 4.79 Å². The number of carbonyl (C=O) groups is 1. The number of H-pyrrole nitrogens is 1. The van der Waals surface area contributed by atoms with Gasteiger partial charge in [0.05, 0.1) is 29.4 Å². The van der Waals surface area contributed by atoms with E-state index in [1.807, 2.05) is 54.6 Å². The smallest absolute Gasteiger partial charge is 0.307 e. The Kier molecular flexibility index (Phi) is 4.90. The fourth-order valence-corrected chi connectivity index (χ4v) is 3.92. The zero-order valence-electron chi connectivity index (χ0n) is 15.0. The summed E-state index contributed by atoms with van der Waals surface area (Å²) in [7, 11) is 1.62. The second-order valence-electron chi connectivity index (χ2n) is 6.14. The number of carboxylic acid groups (broad SMARTS) is 1. The number of aliphatic carboxylic acids is 1. The molecule has 0 spiro atoms. The summed E-state index contributed by atoms with van der Waals surface area (Å²) in [6.45, 7) is 0. The number of hydrogen-bond acceptors (Lipinski definition) is 5. The molecule has 0 bridgehead atoms. The number of fused-ring (bicyclic) bond motifs is 1. The highest BCUT2D eigenvalue weighted by molar-refractivity contribution is 7.19. The molecule has 0 saturated carbocycles. The number of nitrogens with zero attached hydrogens (tertiary/aromatic N) is 2. The van der Waals surface area contributed by atoms with E-state index >= 15 is 0 Å². The number of aromatic amines is 1. The molecule has 28 heavy (non-hydrogen) atoms. The van der Waals surface area contributed by atoms with Crippen molar-refractivity contribution in [3.05, 3.63) is 65.3 Å². The first-order valence-corrected chi connectivity index (χ1v) is 9.42. The highest BCUT2D eigenvalue weighted by atomic mass is 32.1. The molecule has 140 valence electrons. The van der Waals surface area contributed by atoms with Gasteiger partial charge in [0.25, 0.3) is 0 Å². The lowest BCUT2D eigenvalue weighted by atomic mass is 10.0. The summed E-state index contributed by atoms with van der Waals surface area (Å²) >= 11 is 1.49. The number of benzene rings is 2. The number of thiazole rings is 1. The lowest BCUT2D eigenvalue weighted by molar-refractivity contribution is -0.135. The van der Waals surface area contributed by atoms with Crippen LogP contribution in [0.1, 0.15) is 17.0 Å². The van der Waals surface area contributed by atoms with Gasteiger partial charge in [-0.2, -0.15) is 5.10 Å². The second-order valence-corrected chi connectivity index (χ2v) is 7.18. The van der Waals surface area contributed by atoms with Crippen molar-refractivity contribution in [2.75, 3.05) is 7.11 Å². The molecule has 0 atom stereocenters. The van der Waals surface area contributed by atoms with Crippen molar-refractivity contribution in [2.24, 2.45) is 0 Å². The molecular formula is C21H17N3O3S. The molecule has 2 heterocycles. The predicted molar refractivity (Wildman–Crippen MR) is 110 cm³/mol. The highest BCUT2D eigenvalue weighted by Crippen LogP contribution is 2.32. The van der Waals surface area contributed by atoms with Gasteiger partial charge in [0.2, 0.25) is 0 Å². The van der Waals surface area contributed by atoms with Crippen LogP contribution >= 0.6 is 11.3 Å². The number of methoxy groups -OCH3 is 1. The molecule has 0 saturated heterocycles. The quantitative estimate of drug-likeness (QED) is 0.497. The Balaban J connectivity index is 1.77. The van der Waals surface area contributed by atoms with E-state index in [-0.39, 0.29) is 6.42 Å². The molecule has 0 aliphatic carbocycles. The largest absolute Gasteiger partial charge is 0.497 e. The van der Waals surface area contributed by atoms with Crippen LogP contribution in [0.2, 0.25) is 0 Å². The molecule has 0 aliphatic rings. The van der Waals surface area contributed by atoms with Crippen LogP contribution in [0.15, 0.2) is 54.7 Å². The van der Waals surface area contributed by atoms with Gasteiger partial charge in [-0.15, -0.1) is 11.3 Å². The van der Waals surface area contributed by atoms with Crippen LogP contribution in [0, 0.1) is 0 Å². The Morgan fingerprint density at radius 1 is 1.21 bits per heavy atom. The molecule has 0 fully saturated rings. The average Bonchev–Trinajstić information content (AvgIpc) is 3.34. The molecule has 4 rings (SSSR count). The van der Waals surface area contributed by atoms with E-state index in [1.54, 1.807) is 13.3 Å². The number of ether oxygens (including phenoxy) is 1. The summed E-state index contributed by atoms with van der Waals surface area (Å²) in [6.07, 6.45) is 3.48. The van der Waals surface area contributed by atoms with E-state index in [4.69, 9.17) is 4.74 Å². The maximum absolute atomic E-state index is 11.5. The van der Waals surface area contributed by atoms with Crippen LogP contribution < -0.4 is 4.74 Å². The summed E-state index contributed by atoms with van der Waals surface area (Å²) in [5, 5.41) is 17.3. The third-order valence-electron chi connectivity index (χ3n) is 4.27. The molecule has 6 nitrogen and oxygen atoms in total. The first-order chi connectivity index (χ1) is 13.6. The summed E-state index contributed by atoms with van der Waals surface area (Å²) in [5.41, 5.74) is 3.96. The number of nitrogens with one attached hydrogen (secondary N) is 1. The Morgan fingerprint density at radius 2 is 2.00 bits per heavy atom. The van der Waals surface area contributed by atoms with Crippen LogP contribution in [0.4, 0.5) is 0 Å². The third kappa shape index (κ3) is 3.65. The Bertz CT molecular complexity index is 1130. The van der Waals surface area contributed by atoms with E-state index in [9.17, 15) is 9.90 Å². The minimum Gasteiger partial charge on any atom is -0.497 e. The molecule has 0 aliphatic heterocycles. The molecule has 0 radical (unpaired) electrons. The number of aromatic nitrogens is 3. The zero-order chi connectivity index (χ0) is 19.5. The normalized spacial score (nSPS) is 11.7. The molecule has 2 N–H and O–H groups in total. The first-order valence-electron chi connectivity index (χ1n) is 8.60. The van der Waals surface area contributed by atoms with Crippen molar-refractivity contribution in [3.8, 4) is 17.0 Å². The van der Waals surface area contributed by atoms with Crippen LogP contribution in [-0.4, -0.2) is 33.4 Å². The van der Waals surface area contributed by atoms with Crippen molar-refractivity contribution in [2.45, 2.75) is 6.42 Å². The van der Waals surface area contributed by atoms with Crippen LogP contribution in [0.5, 0.6) is 5.75 Å². The standard InChI is InChI=1S/C21H17N3O3S/c1-27-16-8-6-13(7-9-16)20-15(12-22-24-20)10-14(11-19(25)26)21-23-17-4-2-3-5-18(17)28-21/h2-10,12H,11H2,1H3,(H,22,24)(H,25,26)/b14-10+. The van der Waals surface area contributed by atoms with Gasteiger partial charge in [-0.25, -0.2) is 4.98 Å². The second kappa shape index (κ2) is 7.66. The average molecular weight is 391 g/mol. The van der Waals surface area contributed by atoms with Gasteiger partial charge in [-0.1, -0.05) is 12.1 Å². The summed E-state index contributed by atoms with van der Waals surface area (Å²) < 4.78 is 6.22. The Labute approximate surface area is 165 Å². The summed E-state index contributed by atoms with van der Waals surface area (Å²) in [5.74, 6) is -0.141. The van der Waals surface area contributed by atoms with Gasteiger partial charge in [-0.3, -0.25) is 9.89 Å². The van der Waals surface area contributed by atoms with E-state index in [2.05, 4.69) is 15.2 Å². The van der Waals surface area contributed by atoms with Crippen molar-refractivity contribution in [3.63, 3.8) is 0 Å². The molecule has 4 aromatic rings. The van der Waals surface area contributed by atoms with E-state index in [1.165, 1.54) is 11.3 Å². The minimum atomic E-state index is -0.903. The van der Waals surface area contributed by atoms with E-state index in [0.717, 1.165) is 32.8 Å². The van der Waals surface area contributed by atoms with Crippen molar-refractivity contribution in [1.82, 2.24) is 15.2 Å². The first kappa shape index (κ1) is 17.9. The third-order valence-corrected chi connectivity index (χ3v) is 5.39. The maximum Gasteiger partial charge on any atom is 0.307 e. The van der Waals surface area contributed by atoms with Crippen molar-refractivity contribution in [1.29, 1.82) is 0 Å². The molecule has 0 amide bonds. The molecule has 7 heteroatoms. The molecule has 0 unspecified atom stereocenters. The van der Waals surface area contributed by atoms with Gasteiger partial charge < -0.3 is 9.84 Å². The van der Waals surface area contributed by atoms with Crippen molar-refractivity contribution >= 4 is 39.2 Å². The summed E-state index contributed by atoms with van der Waals surface area (Å²) in [6, 6.07) is 15.3. The number of carboxylic acids is 1. The zero-order valence-corrected chi connectivity index (χ0v) is 15.9. The van der Waals surface area contributed by atoms with Gasteiger partial charge in [0, 0.05) is 17.3 Å². The van der Waals surface area contributed by atoms with Gasteiger partial charge in [-0.05, 0) is 48.0 Å². The van der Waals surface area contributed by atoms with Crippen molar-refractivity contribution < 1.29 is 14.6 Å². The fraction of sp³-hybridized carbons (Fsp3) is 0.0952. The number of para-hydroxylation sites is 1. The lowest BCUT2D eigenvalue weighted by Gasteiger charge is -2.04. The molecular weight excluding hydrogens is 374 g/mol. The molecule has 2 aromatic carbocycles. The summed E-state index contributed by atoms with van der Waals surface area (Å²) in [4.78, 5) is 16.1. The van der Waals surface area contributed by atoms with Gasteiger partial charge >= 0.3 is 5.97 Å². The number of rotatable bonds is 6. The number of hydrogen-bond donors (Lipinski definition) is 2. The highest BCUT2D eigenvalue weighted by Gasteiger charge is 2.15. The van der Waals surface area contributed by atoms with Gasteiger partial charge in [0.15, 0.2) is 0 Å². The van der Waals surface area contributed by atoms with Gasteiger partial charge in [0.1, 0.15) is 10.8 Å². The van der Waals surface area contributed by atoms with Crippen LogP contribution in [0.25, 0.3) is 33.1 Å². The monoisotopic (exact) mass is 391 g/mol. The fourth-order valence-electron chi connectivity index (χ4n) is 2.94. The van der Waals surface area contributed by atoms with E-state index in [0.29, 0.717) is 10.6 Å². The minimum absolute atomic E-state index is 0.118. The lowest BCUT2D eigenvalue weighted by Crippen LogP contribution is -1.97. The topological polar surface area (TPSA) is 88.1 Å². The maximum atomic E-state index is 11.5. The predicted octanol–water partition coefficient (Wildman–Crippen LogP) is 4.71. The Hall–Kier alpha value is -3.45.